The molecule has 2 rings (SSSR count). The van der Waals surface area contributed by atoms with Crippen LogP contribution in [0.5, 0.6) is 11.5 Å². The normalized spacial score (nSPS) is 10.3. The molecule has 0 bridgehead atoms. The van der Waals surface area contributed by atoms with Crippen LogP contribution in [0.1, 0.15) is 11.1 Å². The fourth-order valence-corrected chi connectivity index (χ4v) is 1.93. The van der Waals surface area contributed by atoms with Gasteiger partial charge in [-0.2, -0.15) is 0 Å². The Hall–Kier alpha value is -1.71. The molecule has 0 saturated heterocycles. The van der Waals surface area contributed by atoms with Crippen molar-refractivity contribution in [2.75, 3.05) is 13.2 Å². The van der Waals surface area contributed by atoms with Gasteiger partial charge in [0.1, 0.15) is 24.7 Å². The van der Waals surface area contributed by atoms with Gasteiger partial charge in [-0.25, -0.2) is 0 Å². The lowest BCUT2D eigenvalue weighted by molar-refractivity contribution is 0.217. The van der Waals surface area contributed by atoms with E-state index in [0.29, 0.717) is 30.5 Å². The number of ether oxygens (including phenoxy) is 2. The zero-order valence-electron chi connectivity index (χ0n) is 11.4. The first kappa shape index (κ1) is 14.7. The average molecular weight is 292 g/mol. The van der Waals surface area contributed by atoms with Crippen molar-refractivity contribution in [3.63, 3.8) is 0 Å². The lowest BCUT2D eigenvalue weighted by Gasteiger charge is -2.10. The van der Waals surface area contributed by atoms with Crippen molar-refractivity contribution in [2.45, 2.75) is 13.5 Å². The average Bonchev–Trinajstić information content (AvgIpc) is 2.47. The Labute approximate surface area is 124 Å². The molecule has 2 aromatic carbocycles. The SMILES string of the molecule is Cc1ccc(Cl)c(OCCOc2ccc(CN)cc2)c1. The van der Waals surface area contributed by atoms with Gasteiger partial charge in [-0.05, 0) is 42.3 Å². The van der Waals surface area contributed by atoms with Gasteiger partial charge in [0.15, 0.2) is 0 Å². The topological polar surface area (TPSA) is 44.5 Å². The zero-order valence-corrected chi connectivity index (χ0v) is 12.2. The van der Waals surface area contributed by atoms with Crippen molar-refractivity contribution in [3.05, 3.63) is 58.6 Å². The van der Waals surface area contributed by atoms with E-state index in [-0.39, 0.29) is 0 Å². The molecule has 0 aliphatic heterocycles. The molecule has 106 valence electrons. The summed E-state index contributed by atoms with van der Waals surface area (Å²) in [5, 5.41) is 0.614. The van der Waals surface area contributed by atoms with Gasteiger partial charge in [0.25, 0.3) is 0 Å². The van der Waals surface area contributed by atoms with Gasteiger partial charge in [0.2, 0.25) is 0 Å². The molecule has 2 aromatic rings. The molecular formula is C16H18ClNO2. The second kappa shape index (κ2) is 7.17. The number of rotatable bonds is 6. The largest absolute Gasteiger partial charge is 0.490 e. The van der Waals surface area contributed by atoms with E-state index < -0.39 is 0 Å². The van der Waals surface area contributed by atoms with Crippen LogP contribution in [-0.2, 0) is 6.54 Å². The summed E-state index contributed by atoms with van der Waals surface area (Å²) in [7, 11) is 0. The Balaban J connectivity index is 1.79. The van der Waals surface area contributed by atoms with Crippen LogP contribution < -0.4 is 15.2 Å². The summed E-state index contributed by atoms with van der Waals surface area (Å²) in [6, 6.07) is 13.4. The highest BCUT2D eigenvalue weighted by molar-refractivity contribution is 6.32. The third kappa shape index (κ3) is 4.15. The zero-order chi connectivity index (χ0) is 14.4. The maximum Gasteiger partial charge on any atom is 0.138 e. The molecule has 0 fully saturated rings. The third-order valence-electron chi connectivity index (χ3n) is 2.86. The minimum Gasteiger partial charge on any atom is -0.490 e. The van der Waals surface area contributed by atoms with Crippen LogP contribution in [0.3, 0.4) is 0 Å². The second-order valence-electron chi connectivity index (χ2n) is 4.48. The molecule has 0 aliphatic carbocycles. The molecule has 0 aliphatic rings. The quantitative estimate of drug-likeness (QED) is 0.828. The smallest absolute Gasteiger partial charge is 0.138 e. The highest BCUT2D eigenvalue weighted by atomic mass is 35.5. The molecular weight excluding hydrogens is 274 g/mol. The maximum atomic E-state index is 6.05. The van der Waals surface area contributed by atoms with Crippen molar-refractivity contribution in [1.82, 2.24) is 0 Å². The van der Waals surface area contributed by atoms with Crippen molar-refractivity contribution >= 4 is 11.6 Å². The van der Waals surface area contributed by atoms with Crippen molar-refractivity contribution in [3.8, 4) is 11.5 Å². The highest BCUT2D eigenvalue weighted by Crippen LogP contribution is 2.25. The van der Waals surface area contributed by atoms with E-state index in [1.807, 2.05) is 49.4 Å². The monoisotopic (exact) mass is 291 g/mol. The fraction of sp³-hybridized carbons (Fsp3) is 0.250. The van der Waals surface area contributed by atoms with E-state index in [0.717, 1.165) is 16.9 Å². The lowest BCUT2D eigenvalue weighted by atomic mass is 10.2. The van der Waals surface area contributed by atoms with Crippen LogP contribution in [0.15, 0.2) is 42.5 Å². The minimum atomic E-state index is 0.446. The second-order valence-corrected chi connectivity index (χ2v) is 4.89. The van der Waals surface area contributed by atoms with Crippen molar-refractivity contribution in [2.24, 2.45) is 5.73 Å². The Morgan fingerprint density at radius 3 is 2.40 bits per heavy atom. The van der Waals surface area contributed by atoms with Gasteiger partial charge in [-0.15, -0.1) is 0 Å². The van der Waals surface area contributed by atoms with Gasteiger partial charge >= 0.3 is 0 Å². The summed E-state index contributed by atoms with van der Waals surface area (Å²) < 4.78 is 11.2. The first-order chi connectivity index (χ1) is 9.69. The van der Waals surface area contributed by atoms with E-state index in [1.165, 1.54) is 0 Å². The fourth-order valence-electron chi connectivity index (χ4n) is 1.75. The number of aryl methyl sites for hydroxylation is 1. The Morgan fingerprint density at radius 2 is 1.70 bits per heavy atom. The number of hydrogen-bond acceptors (Lipinski definition) is 3. The molecule has 4 heteroatoms. The van der Waals surface area contributed by atoms with Crippen molar-refractivity contribution in [1.29, 1.82) is 0 Å². The van der Waals surface area contributed by atoms with E-state index in [4.69, 9.17) is 26.8 Å². The molecule has 0 radical (unpaired) electrons. The summed E-state index contributed by atoms with van der Waals surface area (Å²) in [6.07, 6.45) is 0. The third-order valence-corrected chi connectivity index (χ3v) is 3.17. The molecule has 0 amide bonds. The Morgan fingerprint density at radius 1 is 1.00 bits per heavy atom. The van der Waals surface area contributed by atoms with Gasteiger partial charge in [0.05, 0.1) is 5.02 Å². The van der Waals surface area contributed by atoms with E-state index >= 15 is 0 Å². The van der Waals surface area contributed by atoms with Gasteiger partial charge in [-0.1, -0.05) is 29.8 Å². The molecule has 0 spiro atoms. The van der Waals surface area contributed by atoms with Gasteiger partial charge in [-0.3, -0.25) is 0 Å². The molecule has 0 atom stereocenters. The summed E-state index contributed by atoms with van der Waals surface area (Å²) in [5.41, 5.74) is 7.74. The first-order valence-corrected chi connectivity index (χ1v) is 6.87. The number of halogens is 1. The predicted molar refractivity (Wildman–Crippen MR) is 81.5 cm³/mol. The van der Waals surface area contributed by atoms with Gasteiger partial charge in [0, 0.05) is 6.54 Å². The molecule has 0 aromatic heterocycles. The molecule has 0 unspecified atom stereocenters. The van der Waals surface area contributed by atoms with Crippen LogP contribution in [0.25, 0.3) is 0 Å². The summed E-state index contributed by atoms with van der Waals surface area (Å²) in [4.78, 5) is 0. The van der Waals surface area contributed by atoms with Gasteiger partial charge < -0.3 is 15.2 Å². The number of hydrogen-bond donors (Lipinski definition) is 1. The van der Waals surface area contributed by atoms with Crippen LogP contribution in [0.2, 0.25) is 5.02 Å². The lowest BCUT2D eigenvalue weighted by Crippen LogP contribution is -2.09. The van der Waals surface area contributed by atoms with E-state index in [1.54, 1.807) is 0 Å². The molecule has 3 nitrogen and oxygen atoms in total. The van der Waals surface area contributed by atoms with E-state index in [2.05, 4.69) is 0 Å². The number of nitrogens with two attached hydrogens (primary N) is 1. The molecule has 2 N–H and O–H groups in total. The Bertz CT molecular complexity index is 555. The predicted octanol–water partition coefficient (Wildman–Crippen LogP) is 3.56. The summed E-state index contributed by atoms with van der Waals surface area (Å²) in [5.74, 6) is 1.50. The van der Waals surface area contributed by atoms with Crippen LogP contribution in [0.4, 0.5) is 0 Å². The first-order valence-electron chi connectivity index (χ1n) is 6.50. The maximum absolute atomic E-state index is 6.05. The standard InChI is InChI=1S/C16H18ClNO2/c1-12-2-7-15(17)16(10-12)20-9-8-19-14-5-3-13(11-18)4-6-14/h2-7,10H,8-9,11,18H2,1H3. The van der Waals surface area contributed by atoms with Crippen LogP contribution >= 0.6 is 11.6 Å². The summed E-state index contributed by atoms with van der Waals surface area (Å²) >= 11 is 6.05. The van der Waals surface area contributed by atoms with Crippen LogP contribution in [-0.4, -0.2) is 13.2 Å². The Kier molecular flexibility index (Phi) is 5.27. The number of benzene rings is 2. The van der Waals surface area contributed by atoms with Crippen molar-refractivity contribution < 1.29 is 9.47 Å². The van der Waals surface area contributed by atoms with E-state index in [9.17, 15) is 0 Å². The molecule has 20 heavy (non-hydrogen) atoms. The van der Waals surface area contributed by atoms with Crippen LogP contribution in [0, 0.1) is 6.92 Å². The summed E-state index contributed by atoms with van der Waals surface area (Å²) in [6.45, 7) is 3.45. The minimum absolute atomic E-state index is 0.446. The molecule has 0 saturated carbocycles. The molecule has 0 heterocycles. The highest BCUT2D eigenvalue weighted by Gasteiger charge is 2.01.